The minimum absolute atomic E-state index is 0.160. The molecule has 1 N–H and O–H groups in total. The number of halogens is 3. The average Bonchev–Trinajstić information content (AvgIpc) is 3.09. The van der Waals surface area contributed by atoms with Crippen LogP contribution in [-0.4, -0.2) is 39.8 Å². The van der Waals surface area contributed by atoms with Gasteiger partial charge in [-0.05, 0) is 30.7 Å². The zero-order chi connectivity index (χ0) is 20.5. The van der Waals surface area contributed by atoms with E-state index in [0.717, 1.165) is 6.20 Å². The van der Waals surface area contributed by atoms with E-state index >= 15 is 0 Å². The Kier molecular flexibility index (Phi) is 4.96. The zero-order valence-electron chi connectivity index (χ0n) is 14.9. The normalized spacial score (nSPS) is 12.4. The van der Waals surface area contributed by atoms with E-state index in [0.29, 0.717) is 28.2 Å². The van der Waals surface area contributed by atoms with Gasteiger partial charge < -0.3 is 10.1 Å². The summed E-state index contributed by atoms with van der Waals surface area (Å²) in [5, 5.41) is 6.14. The van der Waals surface area contributed by atoms with Crippen molar-refractivity contribution in [1.82, 2.24) is 19.9 Å². The Morgan fingerprint density at radius 1 is 1.36 bits per heavy atom. The number of rotatable bonds is 4. The third-order valence-electron chi connectivity index (χ3n) is 4.02. The Morgan fingerprint density at radius 2 is 2.11 bits per heavy atom. The maximum atomic E-state index is 12.9. The second kappa shape index (κ2) is 7.23. The third-order valence-corrected chi connectivity index (χ3v) is 4.02. The maximum Gasteiger partial charge on any atom is 0.420 e. The van der Waals surface area contributed by atoms with Crippen LogP contribution in [0.3, 0.4) is 0 Å². The molecule has 28 heavy (non-hydrogen) atoms. The molecule has 1 unspecified atom stereocenters. The number of imidazole rings is 1. The van der Waals surface area contributed by atoms with Crippen LogP contribution < -0.4 is 10.1 Å². The summed E-state index contributed by atoms with van der Waals surface area (Å²) in [5.74, 6) is 1.11. The molecule has 1 aromatic carbocycles. The molecule has 2 heterocycles. The quantitative estimate of drug-likeness (QED) is 0.698. The Hall–Kier alpha value is -3.54. The summed E-state index contributed by atoms with van der Waals surface area (Å²) in [4.78, 5) is 16.5. The fourth-order valence-electron chi connectivity index (χ4n) is 2.62. The molecule has 2 aromatic heterocycles. The van der Waals surface area contributed by atoms with Gasteiger partial charge in [0.15, 0.2) is 17.4 Å². The molecular formula is C19H15F3N4O2. The average molecular weight is 388 g/mol. The molecule has 0 aliphatic carbocycles. The van der Waals surface area contributed by atoms with E-state index in [1.165, 1.54) is 17.5 Å². The second-order valence-corrected chi connectivity index (χ2v) is 5.94. The number of amides is 1. The van der Waals surface area contributed by atoms with Crippen molar-refractivity contribution in [3.8, 4) is 29.4 Å². The van der Waals surface area contributed by atoms with E-state index in [4.69, 9.17) is 11.2 Å². The number of nitrogens with one attached hydrogen (secondary N) is 1. The van der Waals surface area contributed by atoms with E-state index in [-0.39, 0.29) is 5.69 Å². The largest absolute Gasteiger partial charge is 0.497 e. The number of terminal acetylenes is 1. The zero-order valence-corrected chi connectivity index (χ0v) is 14.9. The Morgan fingerprint density at radius 3 is 2.75 bits per heavy atom. The molecule has 0 spiro atoms. The van der Waals surface area contributed by atoms with Gasteiger partial charge in [-0.25, -0.2) is 9.50 Å². The van der Waals surface area contributed by atoms with Crippen LogP contribution in [0, 0.1) is 19.3 Å². The van der Waals surface area contributed by atoms with E-state index in [2.05, 4.69) is 10.1 Å². The van der Waals surface area contributed by atoms with Gasteiger partial charge in [-0.2, -0.15) is 18.3 Å². The SMILES string of the molecule is C#CC(NC(=O)c1cnc2c(C)cc(-c3cccc(OC)c3)nn12)C(F)(F)F. The lowest BCUT2D eigenvalue weighted by molar-refractivity contribution is -0.140. The van der Waals surface area contributed by atoms with Gasteiger partial charge in [-0.1, -0.05) is 18.1 Å². The first-order valence-corrected chi connectivity index (χ1v) is 8.08. The molecule has 0 aliphatic rings. The second-order valence-electron chi connectivity index (χ2n) is 5.94. The molecule has 3 rings (SSSR count). The van der Waals surface area contributed by atoms with Gasteiger partial charge in [0.2, 0.25) is 0 Å². The minimum atomic E-state index is -4.76. The molecule has 0 bridgehead atoms. The molecule has 9 heteroatoms. The fraction of sp³-hybridized carbons (Fsp3) is 0.211. The van der Waals surface area contributed by atoms with Gasteiger partial charge >= 0.3 is 6.18 Å². The van der Waals surface area contributed by atoms with Gasteiger partial charge in [0.1, 0.15) is 5.75 Å². The van der Waals surface area contributed by atoms with Crippen LogP contribution in [0.1, 0.15) is 16.1 Å². The summed E-state index contributed by atoms with van der Waals surface area (Å²) in [7, 11) is 1.53. The van der Waals surface area contributed by atoms with Gasteiger partial charge in [0, 0.05) is 5.56 Å². The standard InChI is InChI=1S/C19H15F3N4O2/c1-4-16(19(20,21)22)24-18(27)15-10-23-17-11(2)8-14(25-26(15)17)12-6-5-7-13(9-12)28-3/h1,5-10,16H,2-3H3,(H,24,27). The summed E-state index contributed by atoms with van der Waals surface area (Å²) in [6, 6.07) is 6.44. The summed E-state index contributed by atoms with van der Waals surface area (Å²) in [5.41, 5.74) is 2.09. The number of nitrogens with zero attached hydrogens (tertiary/aromatic N) is 3. The van der Waals surface area contributed by atoms with Crippen molar-refractivity contribution in [3.63, 3.8) is 0 Å². The topological polar surface area (TPSA) is 68.5 Å². The van der Waals surface area contributed by atoms with Crippen LogP contribution in [0.2, 0.25) is 0 Å². The summed E-state index contributed by atoms with van der Waals surface area (Å²) in [6.07, 6.45) is 1.28. The number of carbonyl (C=O) groups excluding carboxylic acids is 1. The smallest absolute Gasteiger partial charge is 0.420 e. The third kappa shape index (κ3) is 3.62. The number of fused-ring (bicyclic) bond motifs is 1. The highest BCUT2D eigenvalue weighted by Gasteiger charge is 2.40. The summed E-state index contributed by atoms with van der Waals surface area (Å²) in [6.45, 7) is 1.76. The molecule has 0 saturated carbocycles. The van der Waals surface area contributed by atoms with E-state index in [1.807, 2.05) is 0 Å². The summed E-state index contributed by atoms with van der Waals surface area (Å²) >= 11 is 0. The number of hydrogen-bond donors (Lipinski definition) is 1. The molecule has 6 nitrogen and oxygen atoms in total. The number of aryl methyl sites for hydroxylation is 1. The van der Waals surface area contributed by atoms with Crippen molar-refractivity contribution in [1.29, 1.82) is 0 Å². The van der Waals surface area contributed by atoms with Crippen LogP contribution in [0.5, 0.6) is 5.75 Å². The van der Waals surface area contributed by atoms with Crippen molar-refractivity contribution in [2.45, 2.75) is 19.1 Å². The Balaban J connectivity index is 2.04. The number of hydrogen-bond acceptors (Lipinski definition) is 4. The van der Waals surface area contributed by atoms with Gasteiger partial charge in [0.05, 0.1) is 19.0 Å². The van der Waals surface area contributed by atoms with Crippen LogP contribution in [0.4, 0.5) is 13.2 Å². The number of benzene rings is 1. The monoisotopic (exact) mass is 388 g/mol. The van der Waals surface area contributed by atoms with Crippen LogP contribution in [0.15, 0.2) is 36.5 Å². The molecule has 144 valence electrons. The highest BCUT2D eigenvalue weighted by Crippen LogP contribution is 2.25. The van der Waals surface area contributed by atoms with Gasteiger partial charge in [-0.15, -0.1) is 6.42 Å². The van der Waals surface area contributed by atoms with Crippen LogP contribution in [0.25, 0.3) is 16.9 Å². The van der Waals surface area contributed by atoms with Crippen molar-refractivity contribution < 1.29 is 22.7 Å². The van der Waals surface area contributed by atoms with E-state index in [9.17, 15) is 18.0 Å². The highest BCUT2D eigenvalue weighted by molar-refractivity contribution is 5.93. The molecule has 3 aromatic rings. The number of alkyl halides is 3. The van der Waals surface area contributed by atoms with Crippen LogP contribution in [-0.2, 0) is 0 Å². The van der Waals surface area contributed by atoms with Gasteiger partial charge in [0.25, 0.3) is 5.91 Å². The van der Waals surface area contributed by atoms with Crippen molar-refractivity contribution in [3.05, 3.63) is 47.8 Å². The molecule has 1 amide bonds. The molecule has 0 aliphatic heterocycles. The Labute approximate surface area is 158 Å². The van der Waals surface area contributed by atoms with Crippen molar-refractivity contribution in [2.75, 3.05) is 7.11 Å². The lowest BCUT2D eigenvalue weighted by Crippen LogP contribution is -2.44. The maximum absolute atomic E-state index is 12.9. The number of ether oxygens (including phenoxy) is 1. The van der Waals surface area contributed by atoms with E-state index < -0.39 is 18.1 Å². The first-order chi connectivity index (χ1) is 13.2. The number of aromatic nitrogens is 3. The van der Waals surface area contributed by atoms with Gasteiger partial charge in [-0.3, -0.25) is 4.79 Å². The Bertz CT molecular complexity index is 1080. The molecule has 0 saturated heterocycles. The van der Waals surface area contributed by atoms with Crippen LogP contribution >= 0.6 is 0 Å². The fourth-order valence-corrected chi connectivity index (χ4v) is 2.62. The molecule has 0 radical (unpaired) electrons. The van der Waals surface area contributed by atoms with Crippen molar-refractivity contribution >= 4 is 11.6 Å². The molecule has 1 atom stereocenters. The molecule has 0 fully saturated rings. The predicted octanol–water partition coefficient (Wildman–Crippen LogP) is 3.01. The molecular weight excluding hydrogens is 373 g/mol. The lowest BCUT2D eigenvalue weighted by atomic mass is 10.1. The highest BCUT2D eigenvalue weighted by atomic mass is 19.4. The first kappa shape index (κ1) is 19.2. The minimum Gasteiger partial charge on any atom is -0.497 e. The number of carbonyl (C=O) groups is 1. The lowest BCUT2D eigenvalue weighted by Gasteiger charge is -2.16. The predicted molar refractivity (Wildman–Crippen MR) is 95.9 cm³/mol. The number of methoxy groups -OCH3 is 1. The first-order valence-electron chi connectivity index (χ1n) is 8.08. The van der Waals surface area contributed by atoms with Crippen molar-refractivity contribution in [2.24, 2.45) is 0 Å². The summed E-state index contributed by atoms with van der Waals surface area (Å²) < 4.78 is 44.9. The van der Waals surface area contributed by atoms with E-state index in [1.54, 1.807) is 42.6 Å².